The van der Waals surface area contributed by atoms with Crippen LogP contribution in [0.2, 0.25) is 5.02 Å². The molecule has 0 fully saturated rings. The first-order valence-corrected chi connectivity index (χ1v) is 14.5. The molecular weight excluding hydrogens is 554 g/mol. The number of benzene rings is 2. The average molecular weight is 591 g/mol. The maximum Gasteiger partial charge on any atom is 0.251 e. The smallest absolute Gasteiger partial charge is 0.251 e. The second-order valence-corrected chi connectivity index (χ2v) is 10.5. The Morgan fingerprint density at radius 1 is 1.03 bits per heavy atom. The van der Waals surface area contributed by atoms with Crippen molar-refractivity contribution in [2.75, 3.05) is 13.2 Å². The van der Waals surface area contributed by atoms with E-state index in [-0.39, 0.29) is 5.91 Å². The van der Waals surface area contributed by atoms with Gasteiger partial charge in [0.25, 0.3) is 5.91 Å². The van der Waals surface area contributed by atoms with E-state index in [9.17, 15) is 4.79 Å². The molecule has 3 rings (SSSR count). The van der Waals surface area contributed by atoms with Crippen molar-refractivity contribution in [2.45, 2.75) is 77.7 Å². The van der Waals surface area contributed by atoms with Crippen LogP contribution in [0.25, 0.3) is 11.1 Å². The Balaban J connectivity index is 1.54. The number of unbranched alkanes of at least 4 members (excludes halogenated alkanes) is 9. The first-order valence-electron chi connectivity index (χ1n) is 13.3. The fraction of sp³-hybridized carbons (Fsp3) is 0.500. The summed E-state index contributed by atoms with van der Waals surface area (Å²) in [5, 5.41) is 14.8. The molecular formula is C28H37BrClN5O2. The van der Waals surface area contributed by atoms with E-state index in [0.717, 1.165) is 24.0 Å². The van der Waals surface area contributed by atoms with Crippen molar-refractivity contribution >= 4 is 33.4 Å². The van der Waals surface area contributed by atoms with Gasteiger partial charge in [0.05, 0.1) is 11.0 Å². The van der Waals surface area contributed by atoms with Crippen LogP contribution in [0.5, 0.6) is 5.75 Å². The number of rotatable bonds is 17. The van der Waals surface area contributed by atoms with Crippen LogP contribution < -0.4 is 10.1 Å². The van der Waals surface area contributed by atoms with Crippen molar-refractivity contribution < 1.29 is 9.53 Å². The normalized spacial score (nSPS) is 11.0. The van der Waals surface area contributed by atoms with Gasteiger partial charge in [0.15, 0.2) is 0 Å². The van der Waals surface area contributed by atoms with Gasteiger partial charge in [-0.3, -0.25) is 4.79 Å². The fourth-order valence-electron chi connectivity index (χ4n) is 4.18. The van der Waals surface area contributed by atoms with Gasteiger partial charge in [0, 0.05) is 22.7 Å². The molecule has 1 aromatic heterocycles. The predicted molar refractivity (Wildman–Crippen MR) is 152 cm³/mol. The lowest BCUT2D eigenvalue weighted by Crippen LogP contribution is -2.24. The Hall–Kier alpha value is -2.45. The van der Waals surface area contributed by atoms with Gasteiger partial charge in [-0.2, -0.15) is 0 Å². The number of hydrogen-bond acceptors (Lipinski definition) is 5. The van der Waals surface area contributed by atoms with Crippen molar-refractivity contribution in [1.82, 2.24) is 25.5 Å². The molecule has 1 heterocycles. The van der Waals surface area contributed by atoms with Crippen LogP contribution in [0.15, 0.2) is 47.2 Å². The molecule has 7 nitrogen and oxygen atoms in total. The second-order valence-electron chi connectivity index (χ2n) is 9.20. The third-order valence-electron chi connectivity index (χ3n) is 6.22. The van der Waals surface area contributed by atoms with Crippen LogP contribution >= 0.6 is 27.5 Å². The Bertz CT molecular complexity index is 1090. The van der Waals surface area contributed by atoms with Gasteiger partial charge in [-0.05, 0) is 62.6 Å². The molecule has 2 aromatic carbocycles. The zero-order chi connectivity index (χ0) is 26.3. The van der Waals surface area contributed by atoms with Gasteiger partial charge in [-0.1, -0.05) is 88.4 Å². The molecule has 1 N–H and O–H groups in total. The molecule has 0 spiro atoms. The molecule has 0 aliphatic heterocycles. The molecule has 200 valence electrons. The van der Waals surface area contributed by atoms with E-state index in [1.54, 1.807) is 17.1 Å². The Morgan fingerprint density at radius 2 is 1.76 bits per heavy atom. The van der Waals surface area contributed by atoms with E-state index >= 15 is 0 Å². The van der Waals surface area contributed by atoms with Gasteiger partial charge in [-0.15, -0.1) is 5.10 Å². The standard InChI is InChI=1S/C28H37BrClN5O2/c1-2-3-4-5-6-7-8-9-10-11-15-31-28(36)23-19-25(22-13-12-14-24(30)18-22)27(26(29)20-23)37-17-16-35-21-32-33-34-35/h12-14,18-21H,2-11,15-17H2,1H3,(H,31,36). The summed E-state index contributed by atoms with van der Waals surface area (Å²) in [5.74, 6) is 0.543. The monoisotopic (exact) mass is 589 g/mol. The predicted octanol–water partition coefficient (Wildman–Crippen LogP) is 7.49. The number of carbonyl (C=O) groups is 1. The van der Waals surface area contributed by atoms with Crippen LogP contribution in [0, 0.1) is 0 Å². The number of ether oxygens (including phenoxy) is 1. The first kappa shape index (κ1) is 29.1. The summed E-state index contributed by atoms with van der Waals surface area (Å²) in [7, 11) is 0. The number of halogens is 2. The summed E-state index contributed by atoms with van der Waals surface area (Å²) in [6.07, 6.45) is 14.2. The summed E-state index contributed by atoms with van der Waals surface area (Å²) >= 11 is 9.87. The number of aromatic nitrogens is 4. The second kappa shape index (κ2) is 16.4. The maximum absolute atomic E-state index is 13.0. The minimum atomic E-state index is -0.0971. The van der Waals surface area contributed by atoms with Crippen LogP contribution in [0.1, 0.15) is 81.5 Å². The average Bonchev–Trinajstić information content (AvgIpc) is 3.41. The Morgan fingerprint density at radius 3 is 2.43 bits per heavy atom. The van der Waals surface area contributed by atoms with E-state index < -0.39 is 0 Å². The summed E-state index contributed by atoms with van der Waals surface area (Å²) in [4.78, 5) is 13.0. The molecule has 0 saturated carbocycles. The highest BCUT2D eigenvalue weighted by Crippen LogP contribution is 2.38. The lowest BCUT2D eigenvalue weighted by atomic mass is 10.0. The first-order chi connectivity index (χ1) is 18.1. The van der Waals surface area contributed by atoms with Crippen molar-refractivity contribution in [3.63, 3.8) is 0 Å². The van der Waals surface area contributed by atoms with Gasteiger partial charge in [-0.25, -0.2) is 4.68 Å². The van der Waals surface area contributed by atoms with Crippen LogP contribution in [0.3, 0.4) is 0 Å². The molecule has 0 unspecified atom stereocenters. The highest BCUT2D eigenvalue weighted by molar-refractivity contribution is 9.10. The molecule has 0 atom stereocenters. The Kier molecular flexibility index (Phi) is 12.9. The van der Waals surface area contributed by atoms with Gasteiger partial charge >= 0.3 is 0 Å². The third-order valence-corrected chi connectivity index (χ3v) is 7.04. The highest BCUT2D eigenvalue weighted by Gasteiger charge is 2.17. The quantitative estimate of drug-likeness (QED) is 0.165. The minimum absolute atomic E-state index is 0.0971. The SMILES string of the molecule is CCCCCCCCCCCCNC(=O)c1cc(Br)c(OCCn2cnnn2)c(-c2cccc(Cl)c2)c1. The van der Waals surface area contributed by atoms with E-state index in [2.05, 4.69) is 43.7 Å². The van der Waals surface area contributed by atoms with Crippen LogP contribution in [-0.2, 0) is 6.54 Å². The number of tetrazole rings is 1. The number of carbonyl (C=O) groups excluding carboxylic acids is 1. The summed E-state index contributed by atoms with van der Waals surface area (Å²) in [6.45, 7) is 3.78. The molecule has 0 saturated heterocycles. The fourth-order valence-corrected chi connectivity index (χ4v) is 4.95. The number of nitrogens with zero attached hydrogens (tertiary/aromatic N) is 4. The summed E-state index contributed by atoms with van der Waals surface area (Å²) < 4.78 is 8.40. The minimum Gasteiger partial charge on any atom is -0.490 e. The molecule has 0 radical (unpaired) electrons. The molecule has 0 aliphatic rings. The zero-order valence-corrected chi connectivity index (χ0v) is 23.9. The largest absolute Gasteiger partial charge is 0.490 e. The molecule has 0 bridgehead atoms. The maximum atomic E-state index is 13.0. The summed E-state index contributed by atoms with van der Waals surface area (Å²) in [6, 6.07) is 11.2. The van der Waals surface area contributed by atoms with E-state index in [0.29, 0.717) is 40.5 Å². The molecule has 0 aliphatic carbocycles. The van der Waals surface area contributed by atoms with Gasteiger partial charge in [0.2, 0.25) is 0 Å². The number of amides is 1. The highest BCUT2D eigenvalue weighted by atomic mass is 79.9. The van der Waals surface area contributed by atoms with E-state index in [1.165, 1.54) is 51.4 Å². The molecule has 37 heavy (non-hydrogen) atoms. The molecule has 1 amide bonds. The van der Waals surface area contributed by atoms with Gasteiger partial charge in [0.1, 0.15) is 18.7 Å². The van der Waals surface area contributed by atoms with Gasteiger partial charge < -0.3 is 10.1 Å². The lowest BCUT2D eigenvalue weighted by Gasteiger charge is -2.16. The van der Waals surface area contributed by atoms with Crippen molar-refractivity contribution in [3.05, 3.63) is 57.8 Å². The number of hydrogen-bond donors (Lipinski definition) is 1. The lowest BCUT2D eigenvalue weighted by molar-refractivity contribution is 0.0953. The molecule has 3 aromatic rings. The number of nitrogens with one attached hydrogen (secondary N) is 1. The summed E-state index contributed by atoms with van der Waals surface area (Å²) in [5.41, 5.74) is 2.23. The van der Waals surface area contributed by atoms with Crippen molar-refractivity contribution in [1.29, 1.82) is 0 Å². The van der Waals surface area contributed by atoms with Crippen LogP contribution in [0.4, 0.5) is 0 Å². The van der Waals surface area contributed by atoms with Crippen molar-refractivity contribution in [2.24, 2.45) is 0 Å². The topological polar surface area (TPSA) is 81.9 Å². The molecule has 9 heteroatoms. The third kappa shape index (κ3) is 10.1. The van der Waals surface area contributed by atoms with Crippen molar-refractivity contribution in [3.8, 4) is 16.9 Å². The zero-order valence-electron chi connectivity index (χ0n) is 21.6. The van der Waals surface area contributed by atoms with E-state index in [4.69, 9.17) is 16.3 Å². The van der Waals surface area contributed by atoms with Crippen LogP contribution in [-0.4, -0.2) is 39.3 Å². The Labute approximate surface area is 233 Å². The van der Waals surface area contributed by atoms with E-state index in [1.807, 2.05) is 30.3 Å².